The molecule has 6 nitrogen and oxygen atoms in total. The number of nitrogens with zero attached hydrogens (tertiary/aromatic N) is 4. The quantitative estimate of drug-likeness (QED) is 0.183. The van der Waals surface area contributed by atoms with Crippen LogP contribution in [0.25, 0.3) is 10.2 Å². The molecule has 0 fully saturated rings. The Labute approximate surface area is 187 Å². The molecule has 0 spiro atoms. The number of azo groups is 1. The maximum Gasteiger partial charge on any atom is 0.231 e. The maximum absolute atomic E-state index is 5.29. The monoisotopic (exact) mass is 446 g/mol. The van der Waals surface area contributed by atoms with Crippen molar-refractivity contribution < 1.29 is 8.37 Å². The predicted octanol–water partition coefficient (Wildman–Crippen LogP) is 7.49. The van der Waals surface area contributed by atoms with E-state index in [1.54, 1.807) is 18.4 Å². The Kier molecular flexibility index (Phi) is 10.8. The second-order valence-corrected chi connectivity index (χ2v) is 7.84. The summed E-state index contributed by atoms with van der Waals surface area (Å²) in [6.07, 6.45) is 0.933. The summed E-state index contributed by atoms with van der Waals surface area (Å²) in [5.74, 6) is 0. The largest absolute Gasteiger partial charge is 0.372 e. The second kappa shape index (κ2) is 13.3. The Morgan fingerprint density at radius 1 is 1.13 bits per heavy atom. The summed E-state index contributed by atoms with van der Waals surface area (Å²) >= 11 is 2.57. The minimum absolute atomic E-state index is 0.655. The van der Waals surface area contributed by atoms with Gasteiger partial charge in [-0.2, -0.15) is 0 Å². The van der Waals surface area contributed by atoms with Gasteiger partial charge in [-0.15, -0.1) is 10.2 Å². The first-order chi connectivity index (χ1) is 14.7. The Bertz CT molecular complexity index is 897. The molecule has 0 aliphatic heterocycles. The molecule has 0 saturated carbocycles. The summed E-state index contributed by atoms with van der Waals surface area (Å²) in [5, 5.41) is 9.42. The standard InChI is InChI=1S/C20H24N4O2S2.C2H6/c1-4-24(12-7-13-26-28-25-3)16-10-11-17(15(2)14-16)22-23-20-21-18-8-5-6-9-19(18)27-20;1-2/h5-6,8-11,14H,4,7,12-13H2,1-3H3;1-2H3. The van der Waals surface area contributed by atoms with Crippen molar-refractivity contribution in [2.75, 3.05) is 31.7 Å². The summed E-state index contributed by atoms with van der Waals surface area (Å²) in [7, 11) is 1.60. The lowest BCUT2D eigenvalue weighted by Gasteiger charge is -2.23. The highest BCUT2D eigenvalue weighted by molar-refractivity contribution is 7.89. The van der Waals surface area contributed by atoms with Crippen LogP contribution in [-0.4, -0.2) is 31.8 Å². The lowest BCUT2D eigenvalue weighted by atomic mass is 10.1. The van der Waals surface area contributed by atoms with Crippen LogP contribution in [0.4, 0.5) is 16.5 Å². The molecule has 0 bridgehead atoms. The first-order valence-corrected chi connectivity index (χ1v) is 11.6. The molecule has 0 N–H and O–H groups in total. The van der Waals surface area contributed by atoms with Gasteiger partial charge in [-0.25, -0.2) is 4.98 Å². The van der Waals surface area contributed by atoms with Gasteiger partial charge in [0.25, 0.3) is 0 Å². The summed E-state index contributed by atoms with van der Waals surface area (Å²) < 4.78 is 11.2. The van der Waals surface area contributed by atoms with Gasteiger partial charge in [0.2, 0.25) is 5.13 Å². The first kappa shape index (κ1) is 24.3. The number of fused-ring (bicyclic) bond motifs is 1. The molecule has 3 aromatic rings. The molecule has 3 rings (SSSR count). The van der Waals surface area contributed by atoms with Crippen LogP contribution >= 0.6 is 23.7 Å². The number of anilines is 1. The highest BCUT2D eigenvalue weighted by Gasteiger charge is 2.07. The summed E-state index contributed by atoms with van der Waals surface area (Å²) in [6, 6.07) is 14.3. The summed E-state index contributed by atoms with van der Waals surface area (Å²) in [5.41, 5.74) is 4.09. The smallest absolute Gasteiger partial charge is 0.231 e. The SMILES string of the molecule is CC.CCN(CCCOSOC)c1ccc(N=Nc2nc3ccccc3s2)c(C)c1. The van der Waals surface area contributed by atoms with Crippen molar-refractivity contribution in [2.24, 2.45) is 10.2 Å². The van der Waals surface area contributed by atoms with E-state index in [1.165, 1.54) is 5.69 Å². The minimum Gasteiger partial charge on any atom is -0.372 e. The molecule has 0 radical (unpaired) electrons. The van der Waals surface area contributed by atoms with Crippen molar-refractivity contribution in [3.05, 3.63) is 48.0 Å². The number of hydrogen-bond acceptors (Lipinski definition) is 8. The van der Waals surface area contributed by atoms with Crippen molar-refractivity contribution in [3.8, 4) is 0 Å². The van der Waals surface area contributed by atoms with Crippen molar-refractivity contribution in [1.29, 1.82) is 0 Å². The average Bonchev–Trinajstić information content (AvgIpc) is 3.20. The van der Waals surface area contributed by atoms with Crippen LogP contribution in [0, 0.1) is 6.92 Å². The maximum atomic E-state index is 5.29. The lowest BCUT2D eigenvalue weighted by Crippen LogP contribution is -2.24. The summed E-state index contributed by atoms with van der Waals surface area (Å²) in [4.78, 5) is 6.82. The van der Waals surface area contributed by atoms with Gasteiger partial charge in [-0.3, -0.25) is 8.37 Å². The molecule has 1 aromatic heterocycles. The molecular formula is C22H30N4O2S2. The van der Waals surface area contributed by atoms with E-state index >= 15 is 0 Å². The third-order valence-electron chi connectivity index (χ3n) is 4.22. The third kappa shape index (κ3) is 7.05. The number of aryl methyl sites for hydroxylation is 1. The van der Waals surface area contributed by atoms with Crippen molar-refractivity contribution in [3.63, 3.8) is 0 Å². The Hall–Kier alpha value is -2.00. The van der Waals surface area contributed by atoms with Crippen LogP contribution in [0.15, 0.2) is 52.7 Å². The van der Waals surface area contributed by atoms with Crippen LogP contribution in [0.1, 0.15) is 32.8 Å². The fourth-order valence-corrected chi connectivity index (χ4v) is 3.88. The van der Waals surface area contributed by atoms with E-state index in [-0.39, 0.29) is 0 Å². The second-order valence-electron chi connectivity index (χ2n) is 6.12. The molecular weight excluding hydrogens is 416 g/mol. The minimum atomic E-state index is 0.655. The third-order valence-corrected chi connectivity index (χ3v) is 5.54. The molecule has 0 atom stereocenters. The van der Waals surface area contributed by atoms with Gasteiger partial charge in [0.15, 0.2) is 12.3 Å². The van der Waals surface area contributed by atoms with Crippen molar-refractivity contribution in [1.82, 2.24) is 4.98 Å². The van der Waals surface area contributed by atoms with Crippen LogP contribution in [-0.2, 0) is 8.37 Å². The Morgan fingerprint density at radius 3 is 2.63 bits per heavy atom. The average molecular weight is 447 g/mol. The van der Waals surface area contributed by atoms with Crippen molar-refractivity contribution in [2.45, 2.75) is 34.1 Å². The Morgan fingerprint density at radius 2 is 1.93 bits per heavy atom. The number of benzene rings is 2. The topological polar surface area (TPSA) is 59.3 Å². The van der Waals surface area contributed by atoms with Gasteiger partial charge in [-0.1, -0.05) is 37.3 Å². The highest BCUT2D eigenvalue weighted by atomic mass is 32.2. The molecule has 1 heterocycles. The Balaban J connectivity index is 0.00000155. The van der Waals surface area contributed by atoms with Crippen LogP contribution in [0.5, 0.6) is 0 Å². The number of thiazole rings is 1. The van der Waals surface area contributed by atoms with Gasteiger partial charge in [0, 0.05) is 18.8 Å². The van der Waals surface area contributed by atoms with E-state index in [0.717, 1.165) is 53.3 Å². The van der Waals surface area contributed by atoms with E-state index < -0.39 is 0 Å². The number of aromatic nitrogens is 1. The fraction of sp³-hybridized carbons (Fsp3) is 0.409. The molecule has 2 aromatic carbocycles. The zero-order valence-corrected chi connectivity index (χ0v) is 19.9. The van der Waals surface area contributed by atoms with Crippen LogP contribution in [0.3, 0.4) is 0 Å². The highest BCUT2D eigenvalue weighted by Crippen LogP contribution is 2.31. The molecule has 0 aliphatic carbocycles. The van der Waals surface area contributed by atoms with E-state index in [0.29, 0.717) is 11.7 Å². The van der Waals surface area contributed by atoms with Gasteiger partial charge in [-0.05, 0) is 56.2 Å². The molecule has 162 valence electrons. The van der Waals surface area contributed by atoms with Gasteiger partial charge < -0.3 is 4.90 Å². The van der Waals surface area contributed by atoms with Gasteiger partial charge in [0.05, 0.1) is 29.6 Å². The molecule has 0 unspecified atom stereocenters. The number of rotatable bonds is 10. The van der Waals surface area contributed by atoms with E-state index in [4.69, 9.17) is 8.37 Å². The fourth-order valence-electron chi connectivity index (χ4n) is 2.81. The zero-order valence-electron chi connectivity index (χ0n) is 18.3. The molecule has 8 heteroatoms. The van der Waals surface area contributed by atoms with Gasteiger partial charge >= 0.3 is 0 Å². The predicted molar refractivity (Wildman–Crippen MR) is 129 cm³/mol. The zero-order chi connectivity index (χ0) is 21.8. The first-order valence-electron chi connectivity index (χ1n) is 10.2. The van der Waals surface area contributed by atoms with Gasteiger partial charge in [0.1, 0.15) is 0 Å². The molecule has 30 heavy (non-hydrogen) atoms. The van der Waals surface area contributed by atoms with E-state index in [1.807, 2.05) is 44.2 Å². The van der Waals surface area contributed by atoms with Crippen molar-refractivity contribution >= 4 is 50.4 Å². The van der Waals surface area contributed by atoms with E-state index in [9.17, 15) is 0 Å². The summed E-state index contributed by atoms with van der Waals surface area (Å²) in [6.45, 7) is 10.7. The normalized spacial score (nSPS) is 11.0. The number of para-hydroxylation sites is 1. The molecule has 0 amide bonds. The van der Waals surface area contributed by atoms with Crippen LogP contribution < -0.4 is 4.90 Å². The number of hydrogen-bond donors (Lipinski definition) is 0. The van der Waals surface area contributed by atoms with E-state index in [2.05, 4.69) is 46.1 Å². The lowest BCUT2D eigenvalue weighted by molar-refractivity contribution is 0.316. The molecule has 0 aliphatic rings. The molecule has 0 saturated heterocycles. The van der Waals surface area contributed by atoms with Crippen LogP contribution in [0.2, 0.25) is 0 Å².